The van der Waals surface area contributed by atoms with Crippen molar-refractivity contribution in [1.82, 2.24) is 0 Å². The second kappa shape index (κ2) is 25.1. The molecule has 0 fully saturated rings. The van der Waals surface area contributed by atoms with Crippen LogP contribution in [0.2, 0.25) is 0 Å². The Morgan fingerprint density at radius 3 is 1.95 bits per heavy atom. The Bertz CT molecular complexity index is 859. The number of thioether (sulfide) groups is 1. The molecule has 0 saturated heterocycles. The topological polar surface area (TPSA) is 41.8 Å². The standard InChI is InChI=1S/C15H24N2S.C11H14O.C6H14.C2H6/c1-7-13(18-10-4)11-17-15(9-3)14(8-2)12(5)16-6;1-9-4-6-10(7-5-9)11(2,3)8-12;1-4-5-6(2)3;1-2/h7,10H,4,6,8-9,11H2,1-3,5H3;4-8H,1-3H3;6H,4-5H2,1-3H3;1-2H3/b13-7-,14-12-,17-15?;;;. The fourth-order valence-corrected chi connectivity index (χ4v) is 3.78. The second-order valence-electron chi connectivity index (χ2n) is 9.62. The zero-order valence-electron chi connectivity index (χ0n) is 26.8. The molecule has 0 aliphatic carbocycles. The van der Waals surface area contributed by atoms with Crippen LogP contribution in [0.25, 0.3) is 0 Å². The molecule has 38 heavy (non-hydrogen) atoms. The van der Waals surface area contributed by atoms with E-state index in [0.717, 1.165) is 42.0 Å². The number of rotatable bonds is 12. The monoisotopic (exact) mass is 542 g/mol. The van der Waals surface area contributed by atoms with Crippen LogP contribution in [0.3, 0.4) is 0 Å². The zero-order valence-corrected chi connectivity index (χ0v) is 27.6. The minimum absolute atomic E-state index is 0.353. The lowest BCUT2D eigenvalue weighted by Crippen LogP contribution is -2.18. The molecular formula is C34H58N2OS. The number of aryl methyl sites for hydroxylation is 1. The van der Waals surface area contributed by atoms with Crippen LogP contribution >= 0.6 is 11.8 Å². The van der Waals surface area contributed by atoms with E-state index in [9.17, 15) is 4.79 Å². The van der Waals surface area contributed by atoms with Gasteiger partial charge in [0.1, 0.15) is 6.29 Å². The van der Waals surface area contributed by atoms with Crippen molar-refractivity contribution < 1.29 is 4.79 Å². The van der Waals surface area contributed by atoms with Gasteiger partial charge in [0.05, 0.1) is 6.54 Å². The van der Waals surface area contributed by atoms with Gasteiger partial charge in [-0.3, -0.25) is 9.98 Å². The summed E-state index contributed by atoms with van der Waals surface area (Å²) in [4.78, 5) is 20.7. The first kappa shape index (κ1) is 40.3. The molecule has 4 heteroatoms. The molecule has 0 radical (unpaired) electrons. The van der Waals surface area contributed by atoms with Crippen molar-refractivity contribution in [3.05, 3.63) is 69.6 Å². The molecule has 1 aromatic carbocycles. The van der Waals surface area contributed by atoms with Crippen LogP contribution in [0.15, 0.2) is 68.5 Å². The molecule has 0 aliphatic rings. The van der Waals surface area contributed by atoms with Crippen molar-refractivity contribution in [3.8, 4) is 0 Å². The molecule has 1 rings (SSSR count). The molecule has 1 aromatic rings. The van der Waals surface area contributed by atoms with E-state index in [-0.39, 0.29) is 5.41 Å². The lowest BCUT2D eigenvalue weighted by atomic mass is 9.86. The molecule has 3 nitrogen and oxygen atoms in total. The highest BCUT2D eigenvalue weighted by Crippen LogP contribution is 2.21. The number of benzene rings is 1. The third kappa shape index (κ3) is 19.0. The van der Waals surface area contributed by atoms with Gasteiger partial charge in [-0.25, -0.2) is 0 Å². The summed E-state index contributed by atoms with van der Waals surface area (Å²) < 4.78 is 0. The first-order valence-electron chi connectivity index (χ1n) is 14.1. The van der Waals surface area contributed by atoms with Crippen LogP contribution in [-0.4, -0.2) is 25.3 Å². The van der Waals surface area contributed by atoms with Gasteiger partial charge < -0.3 is 4.79 Å². The Morgan fingerprint density at radius 1 is 1.08 bits per heavy atom. The van der Waals surface area contributed by atoms with Crippen molar-refractivity contribution >= 4 is 30.5 Å². The van der Waals surface area contributed by atoms with Crippen LogP contribution in [-0.2, 0) is 10.2 Å². The zero-order chi connectivity index (χ0) is 30.1. The van der Waals surface area contributed by atoms with Gasteiger partial charge in [-0.05, 0) is 76.6 Å². The van der Waals surface area contributed by atoms with Gasteiger partial charge in [-0.1, -0.05) is 104 Å². The second-order valence-corrected chi connectivity index (χ2v) is 10.7. The van der Waals surface area contributed by atoms with E-state index in [1.807, 2.05) is 78.1 Å². The van der Waals surface area contributed by atoms with Gasteiger partial charge in [0.25, 0.3) is 0 Å². The van der Waals surface area contributed by atoms with Gasteiger partial charge in [-0.15, -0.1) is 11.8 Å². The van der Waals surface area contributed by atoms with E-state index in [4.69, 9.17) is 4.99 Å². The van der Waals surface area contributed by atoms with Gasteiger partial charge in [0.15, 0.2) is 0 Å². The summed E-state index contributed by atoms with van der Waals surface area (Å²) in [7, 11) is 0. The molecule has 0 aliphatic heterocycles. The molecular weight excluding hydrogens is 484 g/mol. The normalized spacial score (nSPS) is 12.0. The number of hydrogen-bond donors (Lipinski definition) is 0. The van der Waals surface area contributed by atoms with Gasteiger partial charge in [0.2, 0.25) is 0 Å². The van der Waals surface area contributed by atoms with Crippen molar-refractivity contribution in [1.29, 1.82) is 0 Å². The first-order valence-corrected chi connectivity index (χ1v) is 15.0. The maximum absolute atomic E-state index is 10.7. The average Bonchev–Trinajstić information content (AvgIpc) is 2.91. The van der Waals surface area contributed by atoms with Gasteiger partial charge in [-0.2, -0.15) is 0 Å². The van der Waals surface area contributed by atoms with Crippen LogP contribution in [0.4, 0.5) is 0 Å². The fourth-order valence-electron chi connectivity index (χ4n) is 3.29. The van der Waals surface area contributed by atoms with Crippen molar-refractivity contribution in [2.45, 2.75) is 114 Å². The highest BCUT2D eigenvalue weighted by molar-refractivity contribution is 8.05. The van der Waals surface area contributed by atoms with E-state index in [1.165, 1.54) is 28.9 Å². The smallest absolute Gasteiger partial charge is 0.129 e. The molecule has 0 atom stereocenters. The van der Waals surface area contributed by atoms with Gasteiger partial charge >= 0.3 is 0 Å². The number of aliphatic imine (C=N–C) groups is 2. The van der Waals surface area contributed by atoms with E-state index < -0.39 is 0 Å². The van der Waals surface area contributed by atoms with Crippen LogP contribution in [0.1, 0.15) is 113 Å². The molecule has 0 unspecified atom stereocenters. The lowest BCUT2D eigenvalue weighted by molar-refractivity contribution is -0.111. The Kier molecular flexibility index (Phi) is 26.6. The van der Waals surface area contributed by atoms with Crippen LogP contribution in [0, 0.1) is 12.8 Å². The third-order valence-corrected chi connectivity index (χ3v) is 6.48. The highest BCUT2D eigenvalue weighted by atomic mass is 32.2. The Hall–Kier alpha value is -2.20. The van der Waals surface area contributed by atoms with Crippen molar-refractivity contribution in [2.75, 3.05) is 6.54 Å². The Morgan fingerprint density at radius 2 is 1.63 bits per heavy atom. The SMILES string of the molecule is C=CS/C(=C\C)CN=C(CC)/C(CC)=C(/C)N=C.CC.CCCC(C)C.Cc1ccc(C(C)(C)C=O)cc1. The third-order valence-electron chi connectivity index (χ3n) is 5.65. The van der Waals surface area contributed by atoms with E-state index >= 15 is 0 Å². The summed E-state index contributed by atoms with van der Waals surface area (Å²) in [6.45, 7) is 32.9. The number of hydrogen-bond acceptors (Lipinski definition) is 4. The van der Waals surface area contributed by atoms with Crippen molar-refractivity contribution in [2.24, 2.45) is 15.9 Å². The summed E-state index contributed by atoms with van der Waals surface area (Å²) in [6.07, 6.45) is 7.63. The van der Waals surface area contributed by atoms with Crippen LogP contribution < -0.4 is 0 Å². The summed E-state index contributed by atoms with van der Waals surface area (Å²) in [5, 5.41) is 1.84. The Balaban J connectivity index is -0.000000523. The maximum Gasteiger partial charge on any atom is 0.129 e. The first-order chi connectivity index (χ1) is 18.0. The van der Waals surface area contributed by atoms with Crippen LogP contribution in [0.5, 0.6) is 0 Å². The molecule has 0 aromatic heterocycles. The Labute approximate surface area is 241 Å². The molecule has 0 saturated carbocycles. The molecule has 216 valence electrons. The minimum Gasteiger partial charge on any atom is -0.302 e. The number of nitrogens with zero attached hydrogens (tertiary/aromatic N) is 2. The highest BCUT2D eigenvalue weighted by Gasteiger charge is 2.18. The summed E-state index contributed by atoms with van der Waals surface area (Å²) in [6, 6.07) is 8.06. The predicted octanol–water partition coefficient (Wildman–Crippen LogP) is 10.9. The number of aldehydes is 1. The summed E-state index contributed by atoms with van der Waals surface area (Å²) in [5.74, 6) is 0.898. The molecule has 0 N–H and O–H groups in total. The molecule has 0 amide bonds. The van der Waals surface area contributed by atoms with Crippen molar-refractivity contribution in [3.63, 3.8) is 0 Å². The fraction of sp³-hybridized carbons (Fsp3) is 0.559. The number of carbonyl (C=O) groups is 1. The molecule has 0 heterocycles. The van der Waals surface area contributed by atoms with E-state index in [1.54, 1.807) is 11.8 Å². The average molecular weight is 543 g/mol. The number of carbonyl (C=O) groups excluding carboxylic acids is 1. The van der Waals surface area contributed by atoms with E-state index in [0.29, 0.717) is 6.54 Å². The van der Waals surface area contributed by atoms with Gasteiger partial charge in [0, 0.05) is 21.7 Å². The maximum atomic E-state index is 10.7. The summed E-state index contributed by atoms with van der Waals surface area (Å²) in [5.41, 5.74) is 5.27. The van der Waals surface area contributed by atoms with E-state index in [2.05, 4.69) is 59.0 Å². The molecule has 0 bridgehead atoms. The lowest BCUT2D eigenvalue weighted by Gasteiger charge is -2.16. The molecule has 0 spiro atoms. The largest absolute Gasteiger partial charge is 0.302 e. The minimum atomic E-state index is -0.353. The number of allylic oxidation sites excluding steroid dienone is 3. The summed E-state index contributed by atoms with van der Waals surface area (Å²) >= 11 is 1.63. The quantitative estimate of drug-likeness (QED) is 0.195. The predicted molar refractivity (Wildman–Crippen MR) is 178 cm³/mol.